The number of H-pyrrole nitrogens is 1. The maximum Gasteiger partial charge on any atom is 0.216 e. The molecule has 3 rings (SSSR count). The lowest BCUT2D eigenvalue weighted by molar-refractivity contribution is -0.255. The summed E-state index contributed by atoms with van der Waals surface area (Å²) in [4.78, 5) is 10.8. The molecule has 120 valence electrons. The van der Waals surface area contributed by atoms with Crippen LogP contribution < -0.4 is 5.11 Å². The number of benzene rings is 2. The van der Waals surface area contributed by atoms with Crippen molar-refractivity contribution in [3.63, 3.8) is 0 Å². The van der Waals surface area contributed by atoms with E-state index in [2.05, 4.69) is 15.3 Å². The van der Waals surface area contributed by atoms with Gasteiger partial charge >= 0.3 is 0 Å². The zero-order chi connectivity index (χ0) is 17.1. The van der Waals surface area contributed by atoms with Crippen molar-refractivity contribution in [1.29, 1.82) is 0 Å². The third-order valence-corrected chi connectivity index (χ3v) is 3.69. The molecule has 3 aromatic rings. The number of hydrogen-bond donors (Lipinski definition) is 1. The zero-order valence-corrected chi connectivity index (χ0v) is 13.6. The molecule has 0 atom stereocenters. The SMILES string of the molecule is Cc1ccc(-c2n[nH]c(=S)n2/N=C\c2ccc(C(=O)[O-])cc2)cc1. The van der Waals surface area contributed by atoms with Gasteiger partial charge in [-0.2, -0.15) is 14.9 Å². The molecule has 0 fully saturated rings. The normalized spacial score (nSPS) is 11.0. The molecule has 0 saturated heterocycles. The van der Waals surface area contributed by atoms with E-state index >= 15 is 0 Å². The predicted molar refractivity (Wildman–Crippen MR) is 91.3 cm³/mol. The van der Waals surface area contributed by atoms with Crippen molar-refractivity contribution >= 4 is 24.4 Å². The second-order valence-corrected chi connectivity index (χ2v) is 5.57. The number of aromatic carboxylic acids is 1. The number of aromatic nitrogens is 3. The number of nitrogens with zero attached hydrogens (tertiary/aromatic N) is 3. The Hall–Kier alpha value is -3.06. The van der Waals surface area contributed by atoms with E-state index in [1.807, 2.05) is 31.2 Å². The summed E-state index contributed by atoms with van der Waals surface area (Å²) >= 11 is 5.21. The standard InChI is InChI=1S/C17H14N4O2S/c1-11-2-6-13(7-3-11)15-19-20-17(24)21(15)18-10-12-4-8-14(9-5-12)16(22)23/h2-10H,1H3,(H,20,24)(H,22,23)/p-1/b18-10-. The van der Waals surface area contributed by atoms with Gasteiger partial charge in [-0.25, -0.2) is 5.10 Å². The molecule has 7 heteroatoms. The molecule has 1 aromatic heterocycles. The van der Waals surface area contributed by atoms with Crippen LogP contribution in [-0.4, -0.2) is 27.1 Å². The second kappa shape index (κ2) is 6.59. The van der Waals surface area contributed by atoms with Crippen molar-refractivity contribution in [1.82, 2.24) is 14.9 Å². The number of hydrogen-bond acceptors (Lipinski definition) is 5. The lowest BCUT2D eigenvalue weighted by Crippen LogP contribution is -2.21. The Morgan fingerprint density at radius 1 is 1.21 bits per heavy atom. The van der Waals surface area contributed by atoms with Gasteiger partial charge in [-0.05, 0) is 30.3 Å². The van der Waals surface area contributed by atoms with Crippen LogP contribution in [0.5, 0.6) is 0 Å². The van der Waals surface area contributed by atoms with Gasteiger partial charge in [0.15, 0.2) is 5.82 Å². The Labute approximate surface area is 143 Å². The highest BCUT2D eigenvalue weighted by Crippen LogP contribution is 2.17. The maximum atomic E-state index is 10.8. The van der Waals surface area contributed by atoms with Crippen molar-refractivity contribution in [2.75, 3.05) is 0 Å². The number of aromatic amines is 1. The first-order chi connectivity index (χ1) is 11.5. The molecule has 24 heavy (non-hydrogen) atoms. The molecule has 0 aliphatic heterocycles. The third kappa shape index (κ3) is 3.31. The Morgan fingerprint density at radius 2 is 1.88 bits per heavy atom. The van der Waals surface area contributed by atoms with Crippen LogP contribution in [0.25, 0.3) is 11.4 Å². The van der Waals surface area contributed by atoms with Crippen LogP contribution in [0.4, 0.5) is 0 Å². The predicted octanol–water partition coefficient (Wildman–Crippen LogP) is 2.16. The van der Waals surface area contributed by atoms with E-state index in [0.717, 1.165) is 16.7 Å². The van der Waals surface area contributed by atoms with Gasteiger partial charge < -0.3 is 9.90 Å². The molecule has 0 aliphatic carbocycles. The number of rotatable bonds is 4. The summed E-state index contributed by atoms with van der Waals surface area (Å²) in [5, 5.41) is 22.0. The summed E-state index contributed by atoms with van der Waals surface area (Å²) in [6.07, 6.45) is 1.59. The molecular formula is C17H13N4O2S-. The quantitative estimate of drug-likeness (QED) is 0.584. The lowest BCUT2D eigenvalue weighted by atomic mass is 10.1. The minimum Gasteiger partial charge on any atom is -0.545 e. The van der Waals surface area contributed by atoms with Crippen LogP contribution in [0.3, 0.4) is 0 Å². The summed E-state index contributed by atoms with van der Waals surface area (Å²) in [7, 11) is 0. The number of nitrogens with one attached hydrogen (secondary N) is 1. The topological polar surface area (TPSA) is 86.1 Å². The van der Waals surface area contributed by atoms with Gasteiger partial charge in [0.1, 0.15) is 0 Å². The molecule has 0 spiro atoms. The summed E-state index contributed by atoms with van der Waals surface area (Å²) in [5.74, 6) is -0.611. The van der Waals surface area contributed by atoms with Crippen LogP contribution in [0.2, 0.25) is 0 Å². The fraction of sp³-hybridized carbons (Fsp3) is 0.0588. The summed E-state index contributed by atoms with van der Waals surface area (Å²) in [6.45, 7) is 2.01. The molecule has 2 aromatic carbocycles. The van der Waals surface area contributed by atoms with Gasteiger partial charge in [0, 0.05) is 5.56 Å². The smallest absolute Gasteiger partial charge is 0.216 e. The van der Waals surface area contributed by atoms with Crippen LogP contribution >= 0.6 is 12.2 Å². The van der Waals surface area contributed by atoms with Crippen molar-refractivity contribution in [3.8, 4) is 11.4 Å². The number of carbonyl (C=O) groups excluding carboxylic acids is 1. The third-order valence-electron chi connectivity index (χ3n) is 3.43. The van der Waals surface area contributed by atoms with Gasteiger partial charge in [0.25, 0.3) is 0 Å². The molecule has 1 heterocycles. The summed E-state index contributed by atoms with van der Waals surface area (Å²) in [5.41, 5.74) is 2.89. The van der Waals surface area contributed by atoms with E-state index in [0.29, 0.717) is 10.6 Å². The fourth-order valence-corrected chi connectivity index (χ4v) is 2.30. The van der Waals surface area contributed by atoms with Gasteiger partial charge in [0.2, 0.25) is 4.77 Å². The van der Waals surface area contributed by atoms with E-state index in [-0.39, 0.29) is 5.56 Å². The average Bonchev–Trinajstić information content (AvgIpc) is 2.95. The van der Waals surface area contributed by atoms with Crippen molar-refractivity contribution in [2.24, 2.45) is 5.10 Å². The average molecular weight is 337 g/mol. The lowest BCUT2D eigenvalue weighted by Gasteiger charge is -2.03. The minimum atomic E-state index is -1.21. The highest BCUT2D eigenvalue weighted by atomic mass is 32.1. The number of carbonyl (C=O) groups is 1. The Morgan fingerprint density at radius 3 is 2.50 bits per heavy atom. The van der Waals surface area contributed by atoms with Gasteiger partial charge in [0.05, 0.1) is 12.2 Å². The summed E-state index contributed by atoms with van der Waals surface area (Å²) in [6, 6.07) is 14.1. The minimum absolute atomic E-state index is 0.118. The van der Waals surface area contributed by atoms with Gasteiger partial charge in [-0.1, -0.05) is 54.1 Å². The number of aryl methyl sites for hydroxylation is 1. The summed E-state index contributed by atoms with van der Waals surface area (Å²) < 4.78 is 1.89. The largest absolute Gasteiger partial charge is 0.545 e. The highest BCUT2D eigenvalue weighted by Gasteiger charge is 2.07. The molecule has 0 aliphatic rings. The van der Waals surface area contributed by atoms with Crippen LogP contribution in [0, 0.1) is 11.7 Å². The second-order valence-electron chi connectivity index (χ2n) is 5.18. The first kappa shape index (κ1) is 15.8. The molecule has 0 saturated carbocycles. The molecule has 0 bridgehead atoms. The van der Waals surface area contributed by atoms with Crippen LogP contribution in [0.1, 0.15) is 21.5 Å². The van der Waals surface area contributed by atoms with E-state index in [1.165, 1.54) is 16.8 Å². The molecule has 0 amide bonds. The van der Waals surface area contributed by atoms with Crippen LogP contribution in [0.15, 0.2) is 53.6 Å². The van der Waals surface area contributed by atoms with Crippen molar-refractivity contribution in [3.05, 3.63) is 70.0 Å². The zero-order valence-electron chi connectivity index (χ0n) is 12.8. The van der Waals surface area contributed by atoms with Gasteiger partial charge in [-0.15, -0.1) is 0 Å². The van der Waals surface area contributed by atoms with E-state index in [4.69, 9.17) is 12.2 Å². The molecular weight excluding hydrogens is 324 g/mol. The van der Waals surface area contributed by atoms with Gasteiger partial charge in [-0.3, -0.25) is 0 Å². The first-order valence-electron chi connectivity index (χ1n) is 7.15. The van der Waals surface area contributed by atoms with Crippen molar-refractivity contribution < 1.29 is 9.90 Å². The Balaban J connectivity index is 1.92. The fourth-order valence-electron chi connectivity index (χ4n) is 2.12. The molecule has 0 radical (unpaired) electrons. The maximum absolute atomic E-state index is 10.8. The molecule has 0 unspecified atom stereocenters. The molecule has 6 nitrogen and oxygen atoms in total. The van der Waals surface area contributed by atoms with E-state index in [9.17, 15) is 9.90 Å². The Bertz CT molecular complexity index is 954. The number of carboxylic acid groups (broad SMARTS) is 1. The highest BCUT2D eigenvalue weighted by molar-refractivity contribution is 7.71. The monoisotopic (exact) mass is 337 g/mol. The number of carboxylic acids is 1. The van der Waals surface area contributed by atoms with Crippen LogP contribution in [-0.2, 0) is 0 Å². The van der Waals surface area contributed by atoms with E-state index < -0.39 is 5.97 Å². The van der Waals surface area contributed by atoms with E-state index in [1.54, 1.807) is 18.3 Å². The first-order valence-corrected chi connectivity index (χ1v) is 7.55. The van der Waals surface area contributed by atoms with Crippen molar-refractivity contribution in [2.45, 2.75) is 6.92 Å². The Kier molecular flexibility index (Phi) is 4.35. The molecule has 1 N–H and O–H groups in total.